The Labute approximate surface area is 176 Å². The maximum absolute atomic E-state index is 13.3. The summed E-state index contributed by atoms with van der Waals surface area (Å²) in [6, 6.07) is 15.5. The van der Waals surface area contributed by atoms with Crippen LogP contribution in [0.1, 0.15) is 32.8 Å². The number of amides is 4. The second kappa shape index (κ2) is 8.57. The fourth-order valence-corrected chi connectivity index (χ4v) is 3.81. The zero-order valence-corrected chi connectivity index (χ0v) is 17.7. The van der Waals surface area contributed by atoms with E-state index in [4.69, 9.17) is 4.74 Å². The number of nitrogens with one attached hydrogen (secondary N) is 1. The van der Waals surface area contributed by atoms with Crippen molar-refractivity contribution in [3.63, 3.8) is 0 Å². The first-order valence-corrected chi connectivity index (χ1v) is 9.99. The molecule has 0 aliphatic carbocycles. The van der Waals surface area contributed by atoms with Gasteiger partial charge < -0.3 is 15.0 Å². The third kappa shape index (κ3) is 3.75. The molecule has 1 aliphatic rings. The standard InChI is InChI=1S/C23H27N3O4/c1-5-23(17-11-13-19(30-4)14-12-17)21(28)25(22(29)24-23)15-20(27)26(16(2)3)18-9-7-6-8-10-18/h6-14,16H,5,15H2,1-4H3,(H,24,29)/t23-/m0/s1. The molecule has 0 spiro atoms. The van der Waals surface area contributed by atoms with Crippen molar-refractivity contribution in [2.75, 3.05) is 18.6 Å². The van der Waals surface area contributed by atoms with E-state index in [9.17, 15) is 14.4 Å². The summed E-state index contributed by atoms with van der Waals surface area (Å²) in [6.07, 6.45) is 0.362. The zero-order valence-electron chi connectivity index (χ0n) is 17.7. The first-order chi connectivity index (χ1) is 14.3. The zero-order chi connectivity index (χ0) is 21.9. The smallest absolute Gasteiger partial charge is 0.325 e. The fraction of sp³-hybridized carbons (Fsp3) is 0.348. The lowest BCUT2D eigenvalue weighted by molar-refractivity contribution is -0.134. The minimum atomic E-state index is -1.20. The van der Waals surface area contributed by atoms with Crippen LogP contribution in [-0.4, -0.2) is 42.4 Å². The predicted molar refractivity (Wildman–Crippen MR) is 114 cm³/mol. The molecule has 0 radical (unpaired) electrons. The molecule has 158 valence electrons. The molecule has 0 bridgehead atoms. The van der Waals surface area contributed by atoms with Gasteiger partial charge in [-0.1, -0.05) is 37.3 Å². The number of nitrogens with zero attached hydrogens (tertiary/aromatic N) is 2. The summed E-state index contributed by atoms with van der Waals surface area (Å²) in [5, 5.41) is 2.81. The molecule has 1 fully saturated rings. The van der Waals surface area contributed by atoms with Crippen molar-refractivity contribution < 1.29 is 19.1 Å². The van der Waals surface area contributed by atoms with Crippen LogP contribution in [0.15, 0.2) is 54.6 Å². The van der Waals surface area contributed by atoms with Gasteiger partial charge >= 0.3 is 6.03 Å². The number of urea groups is 1. The number of methoxy groups -OCH3 is 1. The van der Waals surface area contributed by atoms with Gasteiger partial charge in [-0.25, -0.2) is 4.79 Å². The van der Waals surface area contributed by atoms with Gasteiger partial charge in [-0.15, -0.1) is 0 Å². The molecule has 1 aliphatic heterocycles. The van der Waals surface area contributed by atoms with Crippen LogP contribution in [-0.2, 0) is 15.1 Å². The van der Waals surface area contributed by atoms with Crippen LogP contribution in [0.2, 0.25) is 0 Å². The van der Waals surface area contributed by atoms with E-state index in [1.165, 1.54) is 0 Å². The maximum atomic E-state index is 13.3. The van der Waals surface area contributed by atoms with Crippen molar-refractivity contribution in [3.05, 3.63) is 60.2 Å². The van der Waals surface area contributed by atoms with E-state index in [2.05, 4.69) is 5.32 Å². The van der Waals surface area contributed by atoms with Crippen LogP contribution in [0.3, 0.4) is 0 Å². The number of ether oxygens (including phenoxy) is 1. The Balaban J connectivity index is 1.87. The fourth-order valence-electron chi connectivity index (χ4n) is 3.81. The number of hydrogen-bond donors (Lipinski definition) is 1. The molecule has 1 N–H and O–H groups in total. The Kier molecular flexibility index (Phi) is 6.10. The van der Waals surface area contributed by atoms with E-state index in [0.29, 0.717) is 17.7 Å². The van der Waals surface area contributed by atoms with Crippen molar-refractivity contribution in [1.29, 1.82) is 0 Å². The molecule has 1 atom stereocenters. The van der Waals surface area contributed by atoms with Gasteiger partial charge in [0, 0.05) is 11.7 Å². The molecule has 0 unspecified atom stereocenters. The first kappa shape index (κ1) is 21.4. The molecule has 1 saturated heterocycles. The Morgan fingerprint density at radius 3 is 2.27 bits per heavy atom. The number of para-hydroxylation sites is 1. The molecule has 1 heterocycles. The van der Waals surface area contributed by atoms with Crippen LogP contribution in [0, 0.1) is 0 Å². The minimum Gasteiger partial charge on any atom is -0.497 e. The lowest BCUT2D eigenvalue weighted by Crippen LogP contribution is -2.47. The largest absolute Gasteiger partial charge is 0.497 e. The average Bonchev–Trinajstić information content (AvgIpc) is 2.99. The summed E-state index contributed by atoms with van der Waals surface area (Å²) in [6.45, 7) is 5.29. The molecule has 30 heavy (non-hydrogen) atoms. The minimum absolute atomic E-state index is 0.127. The van der Waals surface area contributed by atoms with Crippen molar-refractivity contribution in [2.45, 2.75) is 38.8 Å². The third-order valence-electron chi connectivity index (χ3n) is 5.40. The van der Waals surface area contributed by atoms with Crippen molar-refractivity contribution in [2.24, 2.45) is 0 Å². The van der Waals surface area contributed by atoms with Crippen LogP contribution in [0.25, 0.3) is 0 Å². The van der Waals surface area contributed by atoms with Gasteiger partial charge in [0.1, 0.15) is 17.8 Å². The average molecular weight is 409 g/mol. The Bertz CT molecular complexity index is 927. The molecule has 4 amide bonds. The van der Waals surface area contributed by atoms with Crippen molar-refractivity contribution >= 4 is 23.5 Å². The van der Waals surface area contributed by atoms with Gasteiger partial charge in [0.25, 0.3) is 5.91 Å². The van der Waals surface area contributed by atoms with E-state index >= 15 is 0 Å². The van der Waals surface area contributed by atoms with E-state index in [-0.39, 0.29) is 18.5 Å². The van der Waals surface area contributed by atoms with Gasteiger partial charge in [0.2, 0.25) is 5.91 Å². The molecule has 0 saturated carbocycles. The first-order valence-electron chi connectivity index (χ1n) is 9.99. The molecular formula is C23H27N3O4. The molecule has 2 aromatic carbocycles. The highest BCUT2D eigenvalue weighted by molar-refractivity contribution is 6.10. The highest BCUT2D eigenvalue weighted by atomic mass is 16.5. The van der Waals surface area contributed by atoms with Gasteiger partial charge in [-0.2, -0.15) is 0 Å². The summed E-state index contributed by atoms with van der Waals surface area (Å²) < 4.78 is 5.18. The highest BCUT2D eigenvalue weighted by Crippen LogP contribution is 2.33. The van der Waals surface area contributed by atoms with Gasteiger partial charge in [0.15, 0.2) is 0 Å². The maximum Gasteiger partial charge on any atom is 0.325 e. The van der Waals surface area contributed by atoms with E-state index in [1.807, 2.05) is 51.1 Å². The predicted octanol–water partition coefficient (Wildman–Crippen LogP) is 3.29. The normalized spacial score (nSPS) is 18.5. The second-order valence-electron chi connectivity index (χ2n) is 7.50. The number of carbonyl (C=O) groups excluding carboxylic acids is 3. The van der Waals surface area contributed by atoms with Gasteiger partial charge in [0.05, 0.1) is 7.11 Å². The summed E-state index contributed by atoms with van der Waals surface area (Å²) in [4.78, 5) is 41.7. The summed E-state index contributed by atoms with van der Waals surface area (Å²) in [7, 11) is 1.56. The topological polar surface area (TPSA) is 79.0 Å². The van der Waals surface area contributed by atoms with Crippen LogP contribution in [0.4, 0.5) is 10.5 Å². The third-order valence-corrected chi connectivity index (χ3v) is 5.40. The summed E-state index contributed by atoms with van der Waals surface area (Å²) in [5.41, 5.74) is 0.184. The Morgan fingerprint density at radius 2 is 1.73 bits per heavy atom. The molecule has 3 rings (SSSR count). The monoisotopic (exact) mass is 409 g/mol. The number of benzene rings is 2. The molecule has 7 heteroatoms. The number of imide groups is 1. The van der Waals surface area contributed by atoms with Gasteiger partial charge in [-0.3, -0.25) is 14.5 Å². The molecule has 7 nitrogen and oxygen atoms in total. The lowest BCUT2D eigenvalue weighted by atomic mass is 9.87. The number of carbonyl (C=O) groups is 3. The molecule has 2 aromatic rings. The summed E-state index contributed by atoms with van der Waals surface area (Å²) >= 11 is 0. The van der Waals surface area contributed by atoms with E-state index < -0.39 is 17.5 Å². The second-order valence-corrected chi connectivity index (χ2v) is 7.50. The van der Waals surface area contributed by atoms with Crippen LogP contribution < -0.4 is 15.0 Å². The Morgan fingerprint density at radius 1 is 1.10 bits per heavy atom. The molecule has 0 aromatic heterocycles. The highest BCUT2D eigenvalue weighted by Gasteiger charge is 2.52. The number of rotatable bonds is 7. The molecular weight excluding hydrogens is 382 g/mol. The van der Waals surface area contributed by atoms with Gasteiger partial charge in [-0.05, 0) is 50.1 Å². The number of anilines is 1. The van der Waals surface area contributed by atoms with E-state index in [1.54, 1.807) is 36.3 Å². The van der Waals surface area contributed by atoms with Crippen LogP contribution in [0.5, 0.6) is 5.75 Å². The quantitative estimate of drug-likeness (QED) is 0.712. The van der Waals surface area contributed by atoms with Crippen molar-refractivity contribution in [3.8, 4) is 5.75 Å². The van der Waals surface area contributed by atoms with Crippen molar-refractivity contribution in [1.82, 2.24) is 10.2 Å². The SMILES string of the molecule is CC[C@@]1(c2ccc(OC)cc2)NC(=O)N(CC(=O)N(c2ccccc2)C(C)C)C1=O. The summed E-state index contributed by atoms with van der Waals surface area (Å²) in [5.74, 6) is -0.0872. The Hall–Kier alpha value is -3.35. The van der Waals surface area contributed by atoms with Crippen LogP contribution >= 0.6 is 0 Å². The lowest BCUT2D eigenvalue weighted by Gasteiger charge is -2.29. The van der Waals surface area contributed by atoms with E-state index in [0.717, 1.165) is 10.6 Å². The number of hydrogen-bond acceptors (Lipinski definition) is 4.